The highest BCUT2D eigenvalue weighted by atomic mass is 19.1. The van der Waals surface area contributed by atoms with Gasteiger partial charge in [-0.3, -0.25) is 4.68 Å². The SMILES string of the molecule is COc1cnn(C(C)C)c1C(O)c1ccc(F)cc1. The fraction of sp³-hybridized carbons (Fsp3) is 0.357. The lowest BCUT2D eigenvalue weighted by Crippen LogP contribution is -2.13. The van der Waals surface area contributed by atoms with Gasteiger partial charge < -0.3 is 9.84 Å². The Morgan fingerprint density at radius 3 is 2.42 bits per heavy atom. The highest BCUT2D eigenvalue weighted by molar-refractivity contribution is 5.35. The van der Waals surface area contributed by atoms with Crippen LogP contribution in [0.15, 0.2) is 30.5 Å². The van der Waals surface area contributed by atoms with Crippen LogP contribution in [0.3, 0.4) is 0 Å². The summed E-state index contributed by atoms with van der Waals surface area (Å²) in [7, 11) is 1.53. The van der Waals surface area contributed by atoms with Crippen LogP contribution in [-0.2, 0) is 0 Å². The minimum Gasteiger partial charge on any atom is -0.493 e. The molecule has 19 heavy (non-hydrogen) atoms. The second-order valence-electron chi connectivity index (χ2n) is 4.59. The monoisotopic (exact) mass is 264 g/mol. The predicted octanol–water partition coefficient (Wildman–Crippen LogP) is 2.69. The van der Waals surface area contributed by atoms with Crippen molar-refractivity contribution >= 4 is 0 Å². The van der Waals surface area contributed by atoms with Gasteiger partial charge in [0.05, 0.1) is 13.3 Å². The summed E-state index contributed by atoms with van der Waals surface area (Å²) in [5.41, 5.74) is 1.17. The molecule has 1 atom stereocenters. The minimum absolute atomic E-state index is 0.0917. The number of hydrogen-bond donors (Lipinski definition) is 1. The Morgan fingerprint density at radius 2 is 1.89 bits per heavy atom. The molecule has 0 aliphatic carbocycles. The molecular weight excluding hydrogens is 247 g/mol. The zero-order valence-corrected chi connectivity index (χ0v) is 11.2. The third-order valence-corrected chi connectivity index (χ3v) is 2.95. The number of aliphatic hydroxyl groups is 1. The lowest BCUT2D eigenvalue weighted by Gasteiger charge is -2.17. The van der Waals surface area contributed by atoms with Crippen molar-refractivity contribution in [1.29, 1.82) is 0 Å². The van der Waals surface area contributed by atoms with Gasteiger partial charge in [-0.2, -0.15) is 5.10 Å². The van der Waals surface area contributed by atoms with E-state index in [1.54, 1.807) is 23.0 Å². The average molecular weight is 264 g/mol. The first kappa shape index (κ1) is 13.5. The topological polar surface area (TPSA) is 47.3 Å². The molecule has 2 rings (SSSR count). The van der Waals surface area contributed by atoms with Gasteiger partial charge in [0.2, 0.25) is 0 Å². The van der Waals surface area contributed by atoms with E-state index in [0.29, 0.717) is 17.0 Å². The normalized spacial score (nSPS) is 12.7. The maximum atomic E-state index is 12.9. The summed E-state index contributed by atoms with van der Waals surface area (Å²) < 4.78 is 19.8. The maximum absolute atomic E-state index is 12.9. The predicted molar refractivity (Wildman–Crippen MR) is 69.6 cm³/mol. The van der Waals surface area contributed by atoms with Gasteiger partial charge in [-0.15, -0.1) is 0 Å². The van der Waals surface area contributed by atoms with E-state index in [4.69, 9.17) is 4.74 Å². The Labute approximate surface area is 111 Å². The Kier molecular flexibility index (Phi) is 3.85. The number of halogens is 1. The molecule has 0 aliphatic rings. The third kappa shape index (κ3) is 2.61. The standard InChI is InChI=1S/C14H17FN2O2/c1-9(2)17-13(12(19-3)8-16-17)14(18)10-4-6-11(15)7-5-10/h4-9,14,18H,1-3H3. The molecule has 102 valence electrons. The quantitative estimate of drug-likeness (QED) is 0.923. The molecule has 0 radical (unpaired) electrons. The van der Waals surface area contributed by atoms with Crippen LogP contribution in [0.1, 0.15) is 37.3 Å². The van der Waals surface area contributed by atoms with E-state index >= 15 is 0 Å². The molecular formula is C14H17FN2O2. The molecule has 1 unspecified atom stereocenters. The summed E-state index contributed by atoms with van der Waals surface area (Å²) in [4.78, 5) is 0. The van der Waals surface area contributed by atoms with Crippen molar-refractivity contribution in [2.45, 2.75) is 26.0 Å². The smallest absolute Gasteiger partial charge is 0.163 e. The van der Waals surface area contributed by atoms with Crippen LogP contribution in [0.5, 0.6) is 5.75 Å². The number of aromatic nitrogens is 2. The van der Waals surface area contributed by atoms with Crippen LogP contribution in [0, 0.1) is 5.82 Å². The van der Waals surface area contributed by atoms with Crippen molar-refractivity contribution in [3.63, 3.8) is 0 Å². The molecule has 4 nitrogen and oxygen atoms in total. The van der Waals surface area contributed by atoms with E-state index in [1.165, 1.54) is 19.2 Å². The van der Waals surface area contributed by atoms with E-state index in [2.05, 4.69) is 5.10 Å². The summed E-state index contributed by atoms with van der Waals surface area (Å²) in [5, 5.41) is 14.7. The summed E-state index contributed by atoms with van der Waals surface area (Å²) >= 11 is 0. The number of nitrogens with zero attached hydrogens (tertiary/aromatic N) is 2. The van der Waals surface area contributed by atoms with Gasteiger partial charge in [0.25, 0.3) is 0 Å². The minimum atomic E-state index is -0.902. The summed E-state index contributed by atoms with van der Waals surface area (Å²) in [6.07, 6.45) is 0.669. The number of rotatable bonds is 4. The van der Waals surface area contributed by atoms with Gasteiger partial charge in [0.1, 0.15) is 17.6 Å². The summed E-state index contributed by atoms with van der Waals surface area (Å²) in [6.45, 7) is 3.93. The van der Waals surface area contributed by atoms with Gasteiger partial charge in [-0.25, -0.2) is 4.39 Å². The molecule has 1 aromatic carbocycles. The largest absolute Gasteiger partial charge is 0.493 e. The molecule has 0 aliphatic heterocycles. The summed E-state index contributed by atoms with van der Waals surface area (Å²) in [6, 6.07) is 5.84. The highest BCUT2D eigenvalue weighted by Gasteiger charge is 2.22. The first-order valence-corrected chi connectivity index (χ1v) is 6.09. The molecule has 0 fully saturated rings. The Hall–Kier alpha value is -1.88. The third-order valence-electron chi connectivity index (χ3n) is 2.95. The van der Waals surface area contributed by atoms with Crippen molar-refractivity contribution in [3.05, 3.63) is 47.5 Å². The van der Waals surface area contributed by atoms with Crippen molar-refractivity contribution in [2.75, 3.05) is 7.11 Å². The molecule has 1 aromatic heterocycles. The first-order valence-electron chi connectivity index (χ1n) is 6.09. The fourth-order valence-corrected chi connectivity index (χ4v) is 1.99. The number of aliphatic hydroxyl groups excluding tert-OH is 1. The van der Waals surface area contributed by atoms with Gasteiger partial charge in [-0.1, -0.05) is 12.1 Å². The number of methoxy groups -OCH3 is 1. The van der Waals surface area contributed by atoms with Crippen LogP contribution in [0.25, 0.3) is 0 Å². The van der Waals surface area contributed by atoms with Crippen molar-refractivity contribution < 1.29 is 14.2 Å². The van der Waals surface area contributed by atoms with E-state index < -0.39 is 6.10 Å². The Bertz CT molecular complexity index is 549. The lowest BCUT2D eigenvalue weighted by molar-refractivity contribution is 0.199. The Balaban J connectivity index is 2.44. The van der Waals surface area contributed by atoms with Crippen molar-refractivity contribution in [2.24, 2.45) is 0 Å². The van der Waals surface area contributed by atoms with E-state index in [9.17, 15) is 9.50 Å². The van der Waals surface area contributed by atoms with E-state index in [-0.39, 0.29) is 11.9 Å². The molecule has 0 spiro atoms. The van der Waals surface area contributed by atoms with Crippen LogP contribution >= 0.6 is 0 Å². The van der Waals surface area contributed by atoms with Gasteiger partial charge >= 0.3 is 0 Å². The zero-order valence-electron chi connectivity index (χ0n) is 11.2. The number of benzene rings is 1. The molecule has 1 heterocycles. The van der Waals surface area contributed by atoms with Gasteiger partial charge in [-0.05, 0) is 31.5 Å². The highest BCUT2D eigenvalue weighted by Crippen LogP contribution is 2.31. The first-order chi connectivity index (χ1) is 9.04. The van der Waals surface area contributed by atoms with Gasteiger partial charge in [0, 0.05) is 6.04 Å². The molecule has 1 N–H and O–H groups in total. The molecule has 2 aromatic rings. The Morgan fingerprint density at radius 1 is 1.26 bits per heavy atom. The van der Waals surface area contributed by atoms with E-state index in [1.807, 2.05) is 13.8 Å². The lowest BCUT2D eigenvalue weighted by atomic mass is 10.1. The van der Waals surface area contributed by atoms with Crippen LogP contribution < -0.4 is 4.74 Å². The van der Waals surface area contributed by atoms with E-state index in [0.717, 1.165) is 0 Å². The van der Waals surface area contributed by atoms with Crippen molar-refractivity contribution in [3.8, 4) is 5.75 Å². The number of ether oxygens (including phenoxy) is 1. The molecule has 5 heteroatoms. The second kappa shape index (κ2) is 5.40. The van der Waals surface area contributed by atoms with Crippen LogP contribution in [0.4, 0.5) is 4.39 Å². The zero-order chi connectivity index (χ0) is 14.0. The maximum Gasteiger partial charge on any atom is 0.163 e. The fourth-order valence-electron chi connectivity index (χ4n) is 1.99. The molecule has 0 saturated heterocycles. The van der Waals surface area contributed by atoms with Crippen molar-refractivity contribution in [1.82, 2.24) is 9.78 Å². The summed E-state index contributed by atoms with van der Waals surface area (Å²) in [5.74, 6) is 0.186. The average Bonchev–Trinajstić information content (AvgIpc) is 2.82. The molecule has 0 bridgehead atoms. The molecule has 0 saturated carbocycles. The van der Waals surface area contributed by atoms with Crippen LogP contribution in [-0.4, -0.2) is 22.0 Å². The molecule has 0 amide bonds. The van der Waals surface area contributed by atoms with Crippen LogP contribution in [0.2, 0.25) is 0 Å². The van der Waals surface area contributed by atoms with Gasteiger partial charge in [0.15, 0.2) is 5.75 Å². The second-order valence-corrected chi connectivity index (χ2v) is 4.59. The number of hydrogen-bond acceptors (Lipinski definition) is 3.